The number of hydrogen-bond donors (Lipinski definition) is 3. The fourth-order valence-corrected chi connectivity index (χ4v) is 7.89. The van der Waals surface area contributed by atoms with Crippen LogP contribution in [-0.2, 0) is 0 Å². The van der Waals surface area contributed by atoms with E-state index in [0.29, 0.717) is 6.61 Å². The standard InChI is InChI=1S/C10H12N2O3S2.C7H14OS2.C2H6S.3CH4/c13-7-10(4-1-5-10)17-16-9-3-2-8(6-11-9)12(14)15;1-2-9-10-7(6-8)4-3-5-7;1-2-3;;;/h2-3,6,13H,1,4-5,7H2;8H,2-6H2,1H3;3H,2H2,1H3;3*1H4. The average Bonchev–Trinajstić information content (AvgIpc) is 2.69. The summed E-state index contributed by atoms with van der Waals surface area (Å²) in [6.45, 7) is 4.69. The number of rotatable bonds is 9. The van der Waals surface area contributed by atoms with Gasteiger partial charge in [0.2, 0.25) is 0 Å². The van der Waals surface area contributed by atoms with Gasteiger partial charge < -0.3 is 10.2 Å². The SMILES string of the molecule is C.C.C.CCS.CCSSC1(CO)CCC1.O=[N+]([O-])c1ccc(SSC2(CO)CCC2)nc1. The van der Waals surface area contributed by atoms with Gasteiger partial charge in [0.05, 0.1) is 18.1 Å². The molecule has 1 heterocycles. The Hall–Kier alpha value is 0.220. The third-order valence-corrected chi connectivity index (χ3v) is 11.3. The number of nitro groups is 1. The largest absolute Gasteiger partial charge is 0.395 e. The van der Waals surface area contributed by atoms with Crippen molar-refractivity contribution in [1.82, 2.24) is 4.98 Å². The predicted octanol–water partition coefficient (Wildman–Crippen LogP) is 7.79. The number of pyridine rings is 1. The Labute approximate surface area is 223 Å². The molecule has 2 fully saturated rings. The maximum Gasteiger partial charge on any atom is 0.287 e. The van der Waals surface area contributed by atoms with Crippen LogP contribution in [0.15, 0.2) is 23.4 Å². The van der Waals surface area contributed by atoms with Crippen molar-refractivity contribution in [2.45, 2.75) is 89.2 Å². The first-order valence-corrected chi connectivity index (χ1v) is 15.1. The van der Waals surface area contributed by atoms with Crippen LogP contribution in [0.3, 0.4) is 0 Å². The number of aromatic nitrogens is 1. The monoisotopic (exact) mass is 560 g/mol. The zero-order chi connectivity index (χ0) is 22.5. The fourth-order valence-electron chi connectivity index (χ4n) is 2.52. The lowest BCUT2D eigenvalue weighted by molar-refractivity contribution is -0.385. The molecule has 0 bridgehead atoms. The van der Waals surface area contributed by atoms with Crippen molar-refractivity contribution in [3.05, 3.63) is 28.4 Å². The van der Waals surface area contributed by atoms with Crippen LogP contribution in [0.25, 0.3) is 0 Å². The number of aliphatic hydroxyl groups excluding tert-OH is 2. The molecule has 2 aliphatic carbocycles. The maximum atomic E-state index is 10.5. The van der Waals surface area contributed by atoms with E-state index in [2.05, 4.69) is 24.5 Å². The normalized spacial score (nSPS) is 16.3. The smallest absolute Gasteiger partial charge is 0.287 e. The average molecular weight is 561 g/mol. The van der Waals surface area contributed by atoms with Gasteiger partial charge in [0.1, 0.15) is 11.2 Å². The molecule has 0 radical (unpaired) electrons. The number of nitrogens with zero attached hydrogens (tertiary/aromatic N) is 2. The molecule has 2 N–H and O–H groups in total. The molecule has 1 aromatic heterocycles. The van der Waals surface area contributed by atoms with Crippen molar-refractivity contribution in [1.29, 1.82) is 0 Å². The molecule has 33 heavy (non-hydrogen) atoms. The Morgan fingerprint density at radius 2 is 1.52 bits per heavy atom. The van der Waals surface area contributed by atoms with Gasteiger partial charge in [0, 0.05) is 21.3 Å². The molecule has 0 atom stereocenters. The highest BCUT2D eigenvalue weighted by atomic mass is 33.1. The Morgan fingerprint density at radius 1 is 1.03 bits per heavy atom. The minimum atomic E-state index is -0.463. The Kier molecular flexibility index (Phi) is 23.4. The topological polar surface area (TPSA) is 96.5 Å². The molecule has 6 nitrogen and oxygen atoms in total. The summed E-state index contributed by atoms with van der Waals surface area (Å²) in [5, 5.41) is 29.5. The van der Waals surface area contributed by atoms with E-state index in [1.54, 1.807) is 16.9 Å². The van der Waals surface area contributed by atoms with Crippen molar-refractivity contribution in [3.8, 4) is 0 Å². The highest BCUT2D eigenvalue weighted by Gasteiger charge is 2.38. The van der Waals surface area contributed by atoms with Gasteiger partial charge in [-0.2, -0.15) is 12.6 Å². The highest BCUT2D eigenvalue weighted by molar-refractivity contribution is 8.77. The van der Waals surface area contributed by atoms with Gasteiger partial charge in [-0.15, -0.1) is 0 Å². The zero-order valence-electron chi connectivity index (χ0n) is 17.5. The highest BCUT2D eigenvalue weighted by Crippen LogP contribution is 2.51. The third-order valence-electron chi connectivity index (χ3n) is 4.69. The van der Waals surface area contributed by atoms with Crippen molar-refractivity contribution in [2.24, 2.45) is 0 Å². The van der Waals surface area contributed by atoms with Gasteiger partial charge in [-0.3, -0.25) is 10.1 Å². The van der Waals surface area contributed by atoms with E-state index in [-0.39, 0.29) is 44.1 Å². The quantitative estimate of drug-likeness (QED) is 0.121. The Morgan fingerprint density at radius 3 is 1.82 bits per heavy atom. The van der Waals surface area contributed by atoms with E-state index in [9.17, 15) is 15.2 Å². The number of aliphatic hydroxyl groups is 2. The van der Waals surface area contributed by atoms with Crippen molar-refractivity contribution < 1.29 is 15.1 Å². The lowest BCUT2D eigenvalue weighted by Crippen LogP contribution is -2.36. The Bertz CT molecular complexity index is 604. The molecule has 0 spiro atoms. The zero-order valence-corrected chi connectivity index (χ0v) is 21.6. The van der Waals surface area contributed by atoms with Gasteiger partial charge in [0.15, 0.2) is 0 Å². The van der Waals surface area contributed by atoms with E-state index in [4.69, 9.17) is 5.11 Å². The molecule has 1 aromatic rings. The molecular formula is C22H44N2O4S5. The van der Waals surface area contributed by atoms with Gasteiger partial charge in [-0.1, -0.05) is 81.4 Å². The lowest BCUT2D eigenvalue weighted by atomic mass is 9.85. The summed E-state index contributed by atoms with van der Waals surface area (Å²) in [5.74, 6) is 2.09. The van der Waals surface area contributed by atoms with Crippen molar-refractivity contribution in [2.75, 3.05) is 24.7 Å². The minimum absolute atomic E-state index is 0. The van der Waals surface area contributed by atoms with Crippen LogP contribution >= 0.6 is 55.8 Å². The summed E-state index contributed by atoms with van der Waals surface area (Å²) in [4.78, 5) is 14.0. The van der Waals surface area contributed by atoms with Gasteiger partial charge in [0.25, 0.3) is 5.69 Å². The second-order valence-electron chi connectivity index (χ2n) is 6.97. The summed E-state index contributed by atoms with van der Waals surface area (Å²) < 4.78 is 0.217. The molecule has 0 saturated heterocycles. The summed E-state index contributed by atoms with van der Waals surface area (Å²) >= 11 is 3.79. The molecule has 0 aromatic carbocycles. The van der Waals surface area contributed by atoms with Crippen LogP contribution in [0, 0.1) is 10.1 Å². The second-order valence-corrected chi connectivity index (χ2v) is 13.3. The first kappa shape index (κ1) is 37.8. The summed E-state index contributed by atoms with van der Waals surface area (Å²) in [7, 11) is 6.83. The number of thiol groups is 1. The van der Waals surface area contributed by atoms with Crippen LogP contribution in [0.4, 0.5) is 5.69 Å². The second kappa shape index (κ2) is 20.4. The van der Waals surface area contributed by atoms with Crippen molar-refractivity contribution in [3.63, 3.8) is 0 Å². The first-order valence-electron chi connectivity index (χ1n) is 9.99. The Balaban J connectivity index is -0.000000488. The summed E-state index contributed by atoms with van der Waals surface area (Å²) in [5.41, 5.74) is -0.000124. The number of hydrogen-bond acceptors (Lipinski definition) is 10. The van der Waals surface area contributed by atoms with Gasteiger partial charge in [-0.25, -0.2) is 4.98 Å². The minimum Gasteiger partial charge on any atom is -0.395 e. The molecule has 196 valence electrons. The molecule has 2 aliphatic rings. The third kappa shape index (κ3) is 13.2. The molecule has 2 saturated carbocycles. The summed E-state index contributed by atoms with van der Waals surface area (Å²) in [6, 6.07) is 3.09. The molecule has 11 heteroatoms. The van der Waals surface area contributed by atoms with E-state index in [0.717, 1.165) is 35.8 Å². The lowest BCUT2D eigenvalue weighted by Gasteiger charge is -2.38. The van der Waals surface area contributed by atoms with Crippen LogP contribution in [-0.4, -0.2) is 54.3 Å². The molecule has 0 unspecified atom stereocenters. The van der Waals surface area contributed by atoms with E-state index < -0.39 is 4.92 Å². The fraction of sp³-hybridized carbons (Fsp3) is 0.773. The molecule has 0 aliphatic heterocycles. The maximum absolute atomic E-state index is 10.5. The molecule has 0 amide bonds. The van der Waals surface area contributed by atoms with Crippen molar-refractivity contribution >= 4 is 61.5 Å². The van der Waals surface area contributed by atoms with E-state index in [1.165, 1.54) is 42.3 Å². The molecular weight excluding hydrogens is 517 g/mol. The van der Waals surface area contributed by atoms with Gasteiger partial charge in [-0.05, 0) is 48.3 Å². The molecule has 3 rings (SSSR count). The van der Waals surface area contributed by atoms with E-state index >= 15 is 0 Å². The van der Waals surface area contributed by atoms with Crippen LogP contribution < -0.4 is 0 Å². The van der Waals surface area contributed by atoms with E-state index in [1.807, 2.05) is 28.5 Å². The van der Waals surface area contributed by atoms with Crippen LogP contribution in [0.5, 0.6) is 0 Å². The predicted molar refractivity (Wildman–Crippen MR) is 157 cm³/mol. The van der Waals surface area contributed by atoms with Crippen LogP contribution in [0.1, 0.15) is 74.7 Å². The summed E-state index contributed by atoms with van der Waals surface area (Å²) in [6.07, 6.45) is 8.18. The first-order chi connectivity index (χ1) is 14.4. The van der Waals surface area contributed by atoms with Gasteiger partial charge >= 0.3 is 0 Å². The van der Waals surface area contributed by atoms with Crippen LogP contribution in [0.2, 0.25) is 0 Å².